The highest BCUT2D eigenvalue weighted by Gasteiger charge is 2.16. The minimum atomic E-state index is -0.205. The zero-order chi connectivity index (χ0) is 18.0. The molecule has 3 aromatic carbocycles. The van der Waals surface area contributed by atoms with Gasteiger partial charge in [-0.25, -0.2) is 0 Å². The molecule has 0 aliphatic rings. The van der Waals surface area contributed by atoms with E-state index in [2.05, 4.69) is 17.4 Å². The number of carbonyl (C=O) groups is 1. The summed E-state index contributed by atoms with van der Waals surface area (Å²) in [6.07, 6.45) is 0.295. The quantitative estimate of drug-likeness (QED) is 0.604. The zero-order valence-electron chi connectivity index (χ0n) is 14.7. The first-order valence-corrected chi connectivity index (χ1v) is 8.83. The second kappa shape index (κ2) is 9.54. The molecule has 0 amide bonds. The molecular weight excluding hydrogens is 322 g/mol. The van der Waals surface area contributed by atoms with Crippen LogP contribution in [0.4, 0.5) is 0 Å². The molecule has 1 N–H and O–H groups in total. The molecule has 3 aromatic rings. The summed E-state index contributed by atoms with van der Waals surface area (Å²) in [4.78, 5) is 12.3. The standard InChI is InChI=1S/C23H23NO2/c25-23(26-18-20-12-6-2-7-13-20)16-22(21-14-8-3-9-15-21)24-17-19-10-4-1-5-11-19/h1-15,22,24H,16-18H2/t22-/m0/s1. The molecule has 0 radical (unpaired) electrons. The molecule has 0 unspecified atom stereocenters. The monoisotopic (exact) mass is 345 g/mol. The summed E-state index contributed by atoms with van der Waals surface area (Å²) in [6, 6.07) is 29.9. The molecule has 3 heteroatoms. The fraction of sp³-hybridized carbons (Fsp3) is 0.174. The van der Waals surface area contributed by atoms with Crippen molar-refractivity contribution in [2.24, 2.45) is 0 Å². The third-order valence-corrected chi connectivity index (χ3v) is 4.21. The first-order chi connectivity index (χ1) is 12.8. The van der Waals surface area contributed by atoms with Gasteiger partial charge in [0.1, 0.15) is 6.61 Å². The van der Waals surface area contributed by atoms with Gasteiger partial charge in [-0.15, -0.1) is 0 Å². The first-order valence-electron chi connectivity index (χ1n) is 8.83. The third kappa shape index (κ3) is 5.57. The average molecular weight is 345 g/mol. The molecule has 1 atom stereocenters. The summed E-state index contributed by atoms with van der Waals surface area (Å²) in [5, 5.41) is 3.48. The van der Waals surface area contributed by atoms with Crippen LogP contribution in [0.3, 0.4) is 0 Å². The van der Waals surface area contributed by atoms with Crippen LogP contribution in [-0.2, 0) is 22.7 Å². The fourth-order valence-electron chi connectivity index (χ4n) is 2.79. The van der Waals surface area contributed by atoms with E-state index in [0.717, 1.165) is 11.1 Å². The lowest BCUT2D eigenvalue weighted by molar-refractivity contribution is -0.145. The lowest BCUT2D eigenvalue weighted by atomic mass is 10.0. The summed E-state index contributed by atoms with van der Waals surface area (Å²) in [5.74, 6) is -0.205. The number of rotatable bonds is 8. The first kappa shape index (κ1) is 17.9. The molecule has 0 bridgehead atoms. The van der Waals surface area contributed by atoms with E-state index in [1.807, 2.05) is 78.9 Å². The lowest BCUT2D eigenvalue weighted by Gasteiger charge is -2.19. The van der Waals surface area contributed by atoms with Crippen LogP contribution >= 0.6 is 0 Å². The van der Waals surface area contributed by atoms with Crippen molar-refractivity contribution in [3.63, 3.8) is 0 Å². The van der Waals surface area contributed by atoms with Crippen molar-refractivity contribution < 1.29 is 9.53 Å². The fourth-order valence-corrected chi connectivity index (χ4v) is 2.79. The molecule has 26 heavy (non-hydrogen) atoms. The van der Waals surface area contributed by atoms with Crippen LogP contribution in [0.2, 0.25) is 0 Å². The van der Waals surface area contributed by atoms with Gasteiger partial charge in [0.05, 0.1) is 6.42 Å². The predicted molar refractivity (Wildman–Crippen MR) is 103 cm³/mol. The van der Waals surface area contributed by atoms with Crippen LogP contribution in [0.25, 0.3) is 0 Å². The smallest absolute Gasteiger partial charge is 0.308 e. The normalized spacial score (nSPS) is 11.7. The maximum atomic E-state index is 12.3. The number of ether oxygens (including phenoxy) is 1. The summed E-state index contributed by atoms with van der Waals surface area (Å²) < 4.78 is 5.45. The van der Waals surface area contributed by atoms with Gasteiger partial charge in [-0.05, 0) is 16.7 Å². The number of carbonyl (C=O) groups excluding carboxylic acids is 1. The predicted octanol–water partition coefficient (Wildman–Crippen LogP) is 4.65. The van der Waals surface area contributed by atoms with Crippen molar-refractivity contribution in [2.75, 3.05) is 0 Å². The number of nitrogens with one attached hydrogen (secondary N) is 1. The second-order valence-corrected chi connectivity index (χ2v) is 6.18. The third-order valence-electron chi connectivity index (χ3n) is 4.21. The van der Waals surface area contributed by atoms with Gasteiger partial charge >= 0.3 is 5.97 Å². The molecular formula is C23H23NO2. The van der Waals surface area contributed by atoms with Gasteiger partial charge in [0.25, 0.3) is 0 Å². The molecule has 0 aliphatic heterocycles. The molecule has 0 saturated carbocycles. The van der Waals surface area contributed by atoms with E-state index in [1.54, 1.807) is 0 Å². The highest BCUT2D eigenvalue weighted by Crippen LogP contribution is 2.18. The van der Waals surface area contributed by atoms with E-state index < -0.39 is 0 Å². The number of benzene rings is 3. The molecule has 0 saturated heterocycles. The van der Waals surface area contributed by atoms with Gasteiger partial charge in [0.15, 0.2) is 0 Å². The van der Waals surface area contributed by atoms with Crippen LogP contribution in [0.5, 0.6) is 0 Å². The van der Waals surface area contributed by atoms with Crippen molar-refractivity contribution in [1.82, 2.24) is 5.32 Å². The van der Waals surface area contributed by atoms with Crippen molar-refractivity contribution in [3.05, 3.63) is 108 Å². The Balaban J connectivity index is 1.60. The molecule has 0 aromatic heterocycles. The van der Waals surface area contributed by atoms with Gasteiger partial charge in [-0.2, -0.15) is 0 Å². The molecule has 0 aliphatic carbocycles. The van der Waals surface area contributed by atoms with Gasteiger partial charge in [-0.1, -0.05) is 91.0 Å². The Labute approximate surface area is 154 Å². The van der Waals surface area contributed by atoms with E-state index in [9.17, 15) is 4.79 Å². The van der Waals surface area contributed by atoms with Crippen molar-refractivity contribution in [1.29, 1.82) is 0 Å². The van der Waals surface area contributed by atoms with Crippen molar-refractivity contribution in [3.8, 4) is 0 Å². The molecule has 0 heterocycles. The minimum absolute atomic E-state index is 0.0836. The van der Waals surface area contributed by atoms with Crippen LogP contribution in [0.15, 0.2) is 91.0 Å². The number of hydrogen-bond acceptors (Lipinski definition) is 3. The van der Waals surface area contributed by atoms with E-state index >= 15 is 0 Å². The molecule has 132 valence electrons. The average Bonchev–Trinajstić information content (AvgIpc) is 2.72. The summed E-state index contributed by atoms with van der Waals surface area (Å²) in [5.41, 5.74) is 3.26. The summed E-state index contributed by atoms with van der Waals surface area (Å²) in [6.45, 7) is 1.01. The van der Waals surface area contributed by atoms with E-state index in [1.165, 1.54) is 5.56 Å². The zero-order valence-corrected chi connectivity index (χ0v) is 14.7. The Kier molecular flexibility index (Phi) is 6.57. The van der Waals surface area contributed by atoms with Crippen molar-refractivity contribution >= 4 is 5.97 Å². The Hall–Kier alpha value is -2.91. The van der Waals surface area contributed by atoms with Crippen molar-refractivity contribution in [2.45, 2.75) is 25.6 Å². The Morgan fingerprint density at radius 3 is 1.92 bits per heavy atom. The van der Waals surface area contributed by atoms with Gasteiger partial charge < -0.3 is 10.1 Å². The molecule has 3 nitrogen and oxygen atoms in total. The maximum Gasteiger partial charge on any atom is 0.308 e. The molecule has 0 spiro atoms. The maximum absolute atomic E-state index is 12.3. The van der Waals surface area contributed by atoms with E-state index in [0.29, 0.717) is 19.6 Å². The van der Waals surface area contributed by atoms with Crippen LogP contribution < -0.4 is 5.32 Å². The summed E-state index contributed by atoms with van der Waals surface area (Å²) in [7, 11) is 0. The Morgan fingerprint density at radius 1 is 0.769 bits per heavy atom. The minimum Gasteiger partial charge on any atom is -0.461 e. The van der Waals surface area contributed by atoms with Crippen LogP contribution in [0, 0.1) is 0 Å². The van der Waals surface area contributed by atoms with Gasteiger partial charge in [-0.3, -0.25) is 4.79 Å². The molecule has 3 rings (SSSR count). The van der Waals surface area contributed by atoms with E-state index in [4.69, 9.17) is 4.74 Å². The van der Waals surface area contributed by atoms with Crippen LogP contribution in [0.1, 0.15) is 29.2 Å². The lowest BCUT2D eigenvalue weighted by Crippen LogP contribution is -2.24. The number of hydrogen-bond donors (Lipinski definition) is 1. The largest absolute Gasteiger partial charge is 0.461 e. The van der Waals surface area contributed by atoms with E-state index in [-0.39, 0.29) is 12.0 Å². The Bertz CT molecular complexity index is 788. The molecule has 0 fully saturated rings. The van der Waals surface area contributed by atoms with Gasteiger partial charge in [0.2, 0.25) is 0 Å². The Morgan fingerprint density at radius 2 is 1.31 bits per heavy atom. The highest BCUT2D eigenvalue weighted by atomic mass is 16.5. The topological polar surface area (TPSA) is 38.3 Å². The SMILES string of the molecule is O=C(C[C@H](NCc1ccccc1)c1ccccc1)OCc1ccccc1. The second-order valence-electron chi connectivity index (χ2n) is 6.18. The van der Waals surface area contributed by atoms with Gasteiger partial charge in [0, 0.05) is 12.6 Å². The van der Waals surface area contributed by atoms with Crippen LogP contribution in [-0.4, -0.2) is 5.97 Å². The highest BCUT2D eigenvalue weighted by molar-refractivity contribution is 5.70. The number of esters is 1. The summed E-state index contributed by atoms with van der Waals surface area (Å²) >= 11 is 0.